The second-order valence-corrected chi connectivity index (χ2v) is 3.64. The molecule has 1 aromatic rings. The van der Waals surface area contributed by atoms with Gasteiger partial charge in [-0.3, -0.25) is 4.79 Å². The topological polar surface area (TPSA) is 71.2 Å². The summed E-state index contributed by atoms with van der Waals surface area (Å²) in [7, 11) is 0. The molecule has 0 atom stereocenters. The van der Waals surface area contributed by atoms with E-state index in [0.29, 0.717) is 29.8 Å². The van der Waals surface area contributed by atoms with E-state index in [0.717, 1.165) is 13.0 Å². The number of carbonyl (C=O) groups is 1. The van der Waals surface area contributed by atoms with Crippen molar-refractivity contribution in [2.45, 2.75) is 19.8 Å². The molecule has 0 aliphatic carbocycles. The lowest BCUT2D eigenvalue weighted by molar-refractivity contribution is 0.0527. The second-order valence-electron chi connectivity index (χ2n) is 3.64. The molecule has 5 nitrogen and oxygen atoms in total. The molecule has 0 unspecified atom stereocenters. The van der Waals surface area contributed by atoms with E-state index in [1.807, 2.05) is 0 Å². The van der Waals surface area contributed by atoms with Crippen LogP contribution in [0.2, 0.25) is 0 Å². The summed E-state index contributed by atoms with van der Waals surface area (Å²) >= 11 is 0. The van der Waals surface area contributed by atoms with E-state index in [9.17, 15) is 9.59 Å². The monoisotopic (exact) mass is 222 g/mol. The first kappa shape index (κ1) is 10.7. The molecule has 0 aromatic carbocycles. The molecule has 0 radical (unpaired) electrons. The van der Waals surface area contributed by atoms with Crippen molar-refractivity contribution in [3.8, 4) is 0 Å². The quantitative estimate of drug-likeness (QED) is 0.729. The number of carbonyl (C=O) groups excluding carboxylic acids is 1. The summed E-state index contributed by atoms with van der Waals surface area (Å²) in [5.74, 6) is -0.399. The number of hydrogen-bond acceptors (Lipinski definition) is 4. The number of aromatic amines is 1. The van der Waals surface area contributed by atoms with Gasteiger partial charge in [0.05, 0.1) is 17.9 Å². The van der Waals surface area contributed by atoms with Gasteiger partial charge in [0.15, 0.2) is 0 Å². The molecular weight excluding hydrogens is 208 g/mol. The summed E-state index contributed by atoms with van der Waals surface area (Å²) < 4.78 is 4.93. The first-order valence-corrected chi connectivity index (χ1v) is 5.39. The van der Waals surface area contributed by atoms with Gasteiger partial charge in [0.2, 0.25) is 0 Å². The van der Waals surface area contributed by atoms with E-state index < -0.39 is 5.97 Å². The highest BCUT2D eigenvalue weighted by atomic mass is 16.5. The number of ether oxygens (including phenoxy) is 1. The number of esters is 1. The highest BCUT2D eigenvalue weighted by molar-refractivity contribution is 5.96. The molecule has 0 saturated heterocycles. The predicted octanol–water partition coefficient (Wildman–Crippen LogP) is 0.910. The van der Waals surface area contributed by atoms with Crippen LogP contribution in [0.1, 0.15) is 29.3 Å². The van der Waals surface area contributed by atoms with Crippen LogP contribution in [0, 0.1) is 0 Å². The van der Waals surface area contributed by atoms with Crippen LogP contribution in [0.15, 0.2) is 11.0 Å². The van der Waals surface area contributed by atoms with E-state index >= 15 is 0 Å². The Bertz CT molecular complexity index is 465. The maximum absolute atomic E-state index is 11.6. The molecule has 0 fully saturated rings. The SMILES string of the molecule is CCOC(=O)c1c[nH]c(=O)c2c1NCCC2. The molecule has 1 aromatic heterocycles. The van der Waals surface area contributed by atoms with Gasteiger partial charge in [-0.15, -0.1) is 0 Å². The minimum Gasteiger partial charge on any atom is -0.462 e. The average molecular weight is 222 g/mol. The smallest absolute Gasteiger partial charge is 0.341 e. The Hall–Kier alpha value is -1.78. The Balaban J connectivity index is 2.47. The molecule has 2 heterocycles. The summed E-state index contributed by atoms with van der Waals surface area (Å²) in [6, 6.07) is 0. The van der Waals surface area contributed by atoms with Crippen LogP contribution in [0.3, 0.4) is 0 Å². The summed E-state index contributed by atoms with van der Waals surface area (Å²) in [4.78, 5) is 25.8. The van der Waals surface area contributed by atoms with Crippen LogP contribution in [0.25, 0.3) is 0 Å². The fraction of sp³-hybridized carbons (Fsp3) is 0.455. The normalized spacial score (nSPS) is 13.8. The highest BCUT2D eigenvalue weighted by Gasteiger charge is 2.20. The van der Waals surface area contributed by atoms with Crippen LogP contribution in [0.4, 0.5) is 5.69 Å². The van der Waals surface area contributed by atoms with Gasteiger partial charge in [-0.05, 0) is 19.8 Å². The zero-order chi connectivity index (χ0) is 11.5. The van der Waals surface area contributed by atoms with Crippen molar-refractivity contribution in [1.82, 2.24) is 4.98 Å². The van der Waals surface area contributed by atoms with Crippen molar-refractivity contribution in [1.29, 1.82) is 0 Å². The van der Waals surface area contributed by atoms with Crippen molar-refractivity contribution in [3.63, 3.8) is 0 Å². The van der Waals surface area contributed by atoms with E-state index in [4.69, 9.17) is 4.74 Å². The number of pyridine rings is 1. The van der Waals surface area contributed by atoms with Crippen molar-refractivity contribution in [2.75, 3.05) is 18.5 Å². The average Bonchev–Trinajstić information content (AvgIpc) is 2.30. The molecule has 86 valence electrons. The fourth-order valence-electron chi connectivity index (χ4n) is 1.86. The predicted molar refractivity (Wildman–Crippen MR) is 59.8 cm³/mol. The minimum absolute atomic E-state index is 0.129. The fourth-order valence-corrected chi connectivity index (χ4v) is 1.86. The summed E-state index contributed by atoms with van der Waals surface area (Å²) in [6.07, 6.45) is 3.02. The minimum atomic E-state index is -0.399. The van der Waals surface area contributed by atoms with Crippen LogP contribution in [0.5, 0.6) is 0 Å². The Morgan fingerprint density at radius 1 is 1.56 bits per heavy atom. The highest BCUT2D eigenvalue weighted by Crippen LogP contribution is 2.22. The number of fused-ring (bicyclic) bond motifs is 1. The summed E-state index contributed by atoms with van der Waals surface area (Å²) in [5, 5.41) is 3.09. The number of H-pyrrole nitrogens is 1. The third kappa shape index (κ3) is 1.80. The Morgan fingerprint density at radius 3 is 3.12 bits per heavy atom. The van der Waals surface area contributed by atoms with Gasteiger partial charge in [0.1, 0.15) is 0 Å². The van der Waals surface area contributed by atoms with E-state index in [1.54, 1.807) is 6.92 Å². The van der Waals surface area contributed by atoms with Crippen molar-refractivity contribution < 1.29 is 9.53 Å². The van der Waals surface area contributed by atoms with Crippen LogP contribution in [-0.4, -0.2) is 24.1 Å². The zero-order valence-corrected chi connectivity index (χ0v) is 9.13. The maximum atomic E-state index is 11.6. The lowest BCUT2D eigenvalue weighted by Crippen LogP contribution is -2.25. The Kier molecular flexibility index (Phi) is 2.94. The van der Waals surface area contributed by atoms with Gasteiger partial charge in [0, 0.05) is 18.3 Å². The van der Waals surface area contributed by atoms with Gasteiger partial charge in [-0.25, -0.2) is 4.79 Å². The van der Waals surface area contributed by atoms with Gasteiger partial charge in [-0.1, -0.05) is 0 Å². The number of aromatic nitrogens is 1. The second kappa shape index (κ2) is 4.38. The van der Waals surface area contributed by atoms with Gasteiger partial charge >= 0.3 is 5.97 Å². The van der Waals surface area contributed by atoms with Gasteiger partial charge < -0.3 is 15.0 Å². The molecule has 0 bridgehead atoms. The van der Waals surface area contributed by atoms with Gasteiger partial charge in [-0.2, -0.15) is 0 Å². The summed E-state index contributed by atoms with van der Waals surface area (Å²) in [5.41, 5.74) is 1.57. The molecule has 16 heavy (non-hydrogen) atoms. The number of rotatable bonds is 2. The van der Waals surface area contributed by atoms with Crippen LogP contribution < -0.4 is 10.9 Å². The van der Waals surface area contributed by atoms with E-state index in [1.165, 1.54) is 6.20 Å². The third-order valence-corrected chi connectivity index (χ3v) is 2.59. The first-order valence-electron chi connectivity index (χ1n) is 5.39. The molecule has 1 aliphatic rings. The molecule has 0 spiro atoms. The number of anilines is 1. The lowest BCUT2D eigenvalue weighted by atomic mass is 10.0. The largest absolute Gasteiger partial charge is 0.462 e. The molecule has 2 N–H and O–H groups in total. The zero-order valence-electron chi connectivity index (χ0n) is 9.13. The van der Waals surface area contributed by atoms with Crippen LogP contribution >= 0.6 is 0 Å². The van der Waals surface area contributed by atoms with Crippen LogP contribution in [-0.2, 0) is 11.2 Å². The number of hydrogen-bond donors (Lipinski definition) is 2. The molecule has 0 amide bonds. The number of nitrogens with one attached hydrogen (secondary N) is 2. The first-order chi connectivity index (χ1) is 7.74. The molecular formula is C11H14N2O3. The van der Waals surface area contributed by atoms with Gasteiger partial charge in [0.25, 0.3) is 5.56 Å². The maximum Gasteiger partial charge on any atom is 0.341 e. The van der Waals surface area contributed by atoms with E-state index in [-0.39, 0.29) is 5.56 Å². The molecule has 1 aliphatic heterocycles. The molecule has 2 rings (SSSR count). The van der Waals surface area contributed by atoms with Crippen molar-refractivity contribution in [3.05, 3.63) is 27.7 Å². The summed E-state index contributed by atoms with van der Waals surface area (Å²) in [6.45, 7) is 2.86. The third-order valence-electron chi connectivity index (χ3n) is 2.59. The van der Waals surface area contributed by atoms with E-state index in [2.05, 4.69) is 10.3 Å². The lowest BCUT2D eigenvalue weighted by Gasteiger charge is -2.19. The van der Waals surface area contributed by atoms with Crippen molar-refractivity contribution in [2.24, 2.45) is 0 Å². The Labute approximate surface area is 92.8 Å². The molecule has 5 heteroatoms. The molecule has 0 saturated carbocycles. The standard InChI is InChI=1S/C11H14N2O3/c1-2-16-11(15)8-6-13-10(14)7-4-3-5-12-9(7)8/h6,12H,2-5H2,1H3,(H,13,14). The van der Waals surface area contributed by atoms with Crippen molar-refractivity contribution >= 4 is 11.7 Å². The Morgan fingerprint density at radius 2 is 2.38 bits per heavy atom.